The van der Waals surface area contributed by atoms with Crippen LogP contribution in [-0.2, 0) is 13.6 Å². The molecular formula is C16H28N2. The minimum absolute atomic E-state index is 0.468. The van der Waals surface area contributed by atoms with E-state index in [0.29, 0.717) is 16.9 Å². The van der Waals surface area contributed by atoms with E-state index in [1.54, 1.807) is 0 Å². The predicted octanol–water partition coefficient (Wildman–Crippen LogP) is 3.72. The van der Waals surface area contributed by atoms with Gasteiger partial charge >= 0.3 is 0 Å². The Morgan fingerprint density at radius 2 is 1.83 bits per heavy atom. The molecule has 1 aromatic heterocycles. The number of hydrogen-bond donors (Lipinski definition) is 1. The Morgan fingerprint density at radius 3 is 2.33 bits per heavy atom. The van der Waals surface area contributed by atoms with Crippen molar-refractivity contribution in [3.63, 3.8) is 0 Å². The summed E-state index contributed by atoms with van der Waals surface area (Å²) in [5, 5.41) is 3.75. The molecule has 0 radical (unpaired) electrons. The predicted molar refractivity (Wildman–Crippen MR) is 77.5 cm³/mol. The Morgan fingerprint density at radius 1 is 1.22 bits per heavy atom. The Bertz CT molecular complexity index is 385. The van der Waals surface area contributed by atoms with E-state index in [1.807, 2.05) is 0 Å². The molecule has 0 saturated heterocycles. The van der Waals surface area contributed by atoms with E-state index in [-0.39, 0.29) is 0 Å². The normalized spacial score (nSPS) is 23.2. The molecule has 1 aromatic rings. The van der Waals surface area contributed by atoms with Crippen molar-refractivity contribution in [2.24, 2.45) is 17.9 Å². The summed E-state index contributed by atoms with van der Waals surface area (Å²) >= 11 is 0. The second kappa shape index (κ2) is 4.73. The second-order valence-electron chi connectivity index (χ2n) is 7.68. The Hall–Kier alpha value is -0.760. The highest BCUT2D eigenvalue weighted by Gasteiger charge is 2.38. The first-order valence-corrected chi connectivity index (χ1v) is 7.10. The molecule has 0 aliphatic heterocycles. The molecule has 1 fully saturated rings. The van der Waals surface area contributed by atoms with Crippen LogP contribution in [0.25, 0.3) is 0 Å². The van der Waals surface area contributed by atoms with E-state index >= 15 is 0 Å². The maximum Gasteiger partial charge on any atom is 0.0223 e. The lowest BCUT2D eigenvalue weighted by molar-refractivity contribution is 0.0845. The van der Waals surface area contributed by atoms with Crippen molar-refractivity contribution in [2.45, 2.75) is 59.5 Å². The number of rotatable bonds is 3. The number of aryl methyl sites for hydroxylation is 1. The van der Waals surface area contributed by atoms with E-state index in [2.05, 4.69) is 63.1 Å². The third-order valence-corrected chi connectivity index (χ3v) is 4.04. The smallest absolute Gasteiger partial charge is 0.0223 e. The van der Waals surface area contributed by atoms with Gasteiger partial charge in [0.15, 0.2) is 0 Å². The summed E-state index contributed by atoms with van der Waals surface area (Å²) in [5.41, 5.74) is 2.32. The van der Waals surface area contributed by atoms with Crippen molar-refractivity contribution in [3.05, 3.63) is 24.0 Å². The topological polar surface area (TPSA) is 17.0 Å². The van der Waals surface area contributed by atoms with Crippen molar-refractivity contribution in [3.8, 4) is 0 Å². The molecule has 2 rings (SSSR count). The molecule has 1 heterocycles. The first kappa shape index (κ1) is 13.7. The first-order chi connectivity index (χ1) is 8.26. The number of nitrogens with zero attached hydrogens (tertiary/aromatic N) is 1. The Kier molecular flexibility index (Phi) is 3.59. The van der Waals surface area contributed by atoms with Gasteiger partial charge in [-0.2, -0.15) is 0 Å². The summed E-state index contributed by atoms with van der Waals surface area (Å²) in [5.74, 6) is 0. The highest BCUT2D eigenvalue weighted by Crippen LogP contribution is 2.45. The average molecular weight is 248 g/mol. The number of aromatic nitrogens is 1. The highest BCUT2D eigenvalue weighted by atomic mass is 14.9. The molecule has 2 nitrogen and oxygen atoms in total. The van der Waals surface area contributed by atoms with Gasteiger partial charge in [0, 0.05) is 32.0 Å². The third kappa shape index (κ3) is 3.61. The van der Waals surface area contributed by atoms with Crippen molar-refractivity contribution in [1.29, 1.82) is 0 Å². The molecule has 0 unspecified atom stereocenters. The van der Waals surface area contributed by atoms with Crippen LogP contribution in [0.1, 0.15) is 52.5 Å². The van der Waals surface area contributed by atoms with Crippen LogP contribution in [0, 0.1) is 10.8 Å². The molecule has 102 valence electrons. The van der Waals surface area contributed by atoms with Gasteiger partial charge < -0.3 is 9.88 Å². The van der Waals surface area contributed by atoms with Crippen LogP contribution in [0.5, 0.6) is 0 Å². The third-order valence-electron chi connectivity index (χ3n) is 4.04. The van der Waals surface area contributed by atoms with E-state index in [1.165, 1.54) is 24.8 Å². The van der Waals surface area contributed by atoms with E-state index in [0.717, 1.165) is 6.54 Å². The molecule has 0 atom stereocenters. The molecule has 1 aliphatic carbocycles. The Balaban J connectivity index is 1.93. The SMILES string of the molecule is Cn1ccc(CNC2CC(C)(C)CC(C)(C)C2)c1. The second-order valence-corrected chi connectivity index (χ2v) is 7.68. The summed E-state index contributed by atoms with van der Waals surface area (Å²) < 4.78 is 2.12. The van der Waals surface area contributed by atoms with E-state index < -0.39 is 0 Å². The fraction of sp³-hybridized carbons (Fsp3) is 0.750. The summed E-state index contributed by atoms with van der Waals surface area (Å²) in [7, 11) is 2.08. The van der Waals surface area contributed by atoms with Crippen LogP contribution in [0.3, 0.4) is 0 Å². The Labute approximate surface area is 112 Å². The lowest BCUT2D eigenvalue weighted by atomic mass is 9.63. The lowest BCUT2D eigenvalue weighted by Gasteiger charge is -2.45. The van der Waals surface area contributed by atoms with Gasteiger partial charge in [0.25, 0.3) is 0 Å². The number of nitrogens with one attached hydrogen (secondary N) is 1. The molecule has 0 bridgehead atoms. The van der Waals surface area contributed by atoms with E-state index in [4.69, 9.17) is 0 Å². The molecule has 1 aliphatic rings. The molecule has 1 N–H and O–H groups in total. The zero-order valence-corrected chi connectivity index (χ0v) is 12.6. The summed E-state index contributed by atoms with van der Waals surface area (Å²) in [4.78, 5) is 0. The van der Waals surface area contributed by atoms with Crippen LogP contribution >= 0.6 is 0 Å². The minimum Gasteiger partial charge on any atom is -0.357 e. The molecule has 0 amide bonds. The fourth-order valence-electron chi connectivity index (χ4n) is 3.92. The average Bonchev–Trinajstić information content (AvgIpc) is 2.56. The standard InChI is InChI=1S/C16H28N2/c1-15(2)8-14(9-16(3,4)12-15)17-10-13-6-7-18(5)11-13/h6-7,11,14,17H,8-10,12H2,1-5H3. The maximum atomic E-state index is 3.75. The molecule has 0 spiro atoms. The van der Waals surface area contributed by atoms with Crippen LogP contribution in [0.4, 0.5) is 0 Å². The van der Waals surface area contributed by atoms with Gasteiger partial charge in [0.1, 0.15) is 0 Å². The lowest BCUT2D eigenvalue weighted by Crippen LogP contribution is -2.43. The molecule has 1 saturated carbocycles. The van der Waals surface area contributed by atoms with Crippen LogP contribution in [0.2, 0.25) is 0 Å². The summed E-state index contributed by atoms with van der Waals surface area (Å²) in [6.45, 7) is 10.6. The first-order valence-electron chi connectivity index (χ1n) is 7.10. The zero-order valence-electron chi connectivity index (χ0n) is 12.6. The molecule has 2 heteroatoms. The van der Waals surface area contributed by atoms with Gasteiger partial charge in [-0.3, -0.25) is 0 Å². The van der Waals surface area contributed by atoms with Crippen molar-refractivity contribution >= 4 is 0 Å². The van der Waals surface area contributed by atoms with Gasteiger partial charge in [-0.1, -0.05) is 27.7 Å². The van der Waals surface area contributed by atoms with Gasteiger partial charge in [0.2, 0.25) is 0 Å². The van der Waals surface area contributed by atoms with Crippen LogP contribution < -0.4 is 5.32 Å². The van der Waals surface area contributed by atoms with Gasteiger partial charge in [-0.05, 0) is 41.7 Å². The summed E-state index contributed by atoms with van der Waals surface area (Å²) in [6.07, 6.45) is 8.24. The molecule has 0 aromatic carbocycles. The number of hydrogen-bond acceptors (Lipinski definition) is 1. The maximum absolute atomic E-state index is 3.75. The van der Waals surface area contributed by atoms with Crippen molar-refractivity contribution in [2.75, 3.05) is 0 Å². The quantitative estimate of drug-likeness (QED) is 0.862. The largest absolute Gasteiger partial charge is 0.357 e. The molecular weight excluding hydrogens is 220 g/mol. The fourth-order valence-corrected chi connectivity index (χ4v) is 3.92. The highest BCUT2D eigenvalue weighted by molar-refractivity contribution is 5.09. The minimum atomic E-state index is 0.468. The van der Waals surface area contributed by atoms with Gasteiger partial charge in [-0.15, -0.1) is 0 Å². The van der Waals surface area contributed by atoms with Gasteiger partial charge in [-0.25, -0.2) is 0 Å². The van der Waals surface area contributed by atoms with Gasteiger partial charge in [0.05, 0.1) is 0 Å². The summed E-state index contributed by atoms with van der Waals surface area (Å²) in [6, 6.07) is 2.86. The van der Waals surface area contributed by atoms with Crippen molar-refractivity contribution < 1.29 is 0 Å². The zero-order chi connectivity index (χ0) is 13.4. The van der Waals surface area contributed by atoms with Crippen molar-refractivity contribution in [1.82, 2.24) is 9.88 Å². The van der Waals surface area contributed by atoms with E-state index in [9.17, 15) is 0 Å². The monoisotopic (exact) mass is 248 g/mol. The molecule has 18 heavy (non-hydrogen) atoms. The van der Waals surface area contributed by atoms with Crippen LogP contribution in [-0.4, -0.2) is 10.6 Å². The van der Waals surface area contributed by atoms with Crippen LogP contribution in [0.15, 0.2) is 18.5 Å².